The smallest absolute Gasteiger partial charge is 0.227 e. The molecular weight excluding hydrogens is 455 g/mol. The number of nitrogens with one attached hydrogen (secondary N) is 3. The number of amides is 1. The standard InChI is InChI=1S/C19H28N6O.HI/c1-19(2,17(26)20-3)13-23-18(21-4)25(5)12-16-22-11-15(24-16)14-9-7-6-8-10-14;/h6-11H,12-13H2,1-5H3,(H,20,26)(H,21,23)(H,22,24);1H. The van der Waals surface area contributed by atoms with Gasteiger partial charge in [-0.3, -0.25) is 9.79 Å². The number of benzene rings is 1. The van der Waals surface area contributed by atoms with Crippen LogP contribution in [0.1, 0.15) is 19.7 Å². The molecule has 1 heterocycles. The van der Waals surface area contributed by atoms with E-state index >= 15 is 0 Å². The molecule has 0 radical (unpaired) electrons. The van der Waals surface area contributed by atoms with Crippen molar-refractivity contribution in [3.63, 3.8) is 0 Å². The van der Waals surface area contributed by atoms with E-state index in [1.165, 1.54) is 0 Å². The van der Waals surface area contributed by atoms with Crippen molar-refractivity contribution in [2.75, 3.05) is 27.7 Å². The zero-order chi connectivity index (χ0) is 19.2. The minimum Gasteiger partial charge on any atom is -0.359 e. The second-order valence-corrected chi connectivity index (χ2v) is 6.83. The van der Waals surface area contributed by atoms with Crippen LogP contribution >= 0.6 is 24.0 Å². The van der Waals surface area contributed by atoms with Crippen molar-refractivity contribution in [1.29, 1.82) is 0 Å². The van der Waals surface area contributed by atoms with Gasteiger partial charge in [-0.2, -0.15) is 0 Å². The molecule has 0 bridgehead atoms. The highest BCUT2D eigenvalue weighted by Crippen LogP contribution is 2.17. The van der Waals surface area contributed by atoms with Gasteiger partial charge in [-0.1, -0.05) is 30.3 Å². The number of rotatable bonds is 6. The average Bonchev–Trinajstić information content (AvgIpc) is 3.10. The van der Waals surface area contributed by atoms with Crippen molar-refractivity contribution < 1.29 is 4.79 Å². The molecular formula is C19H29IN6O. The molecule has 3 N–H and O–H groups in total. The lowest BCUT2D eigenvalue weighted by Crippen LogP contribution is -2.47. The third-order valence-corrected chi connectivity index (χ3v) is 4.20. The van der Waals surface area contributed by atoms with Gasteiger partial charge < -0.3 is 20.5 Å². The van der Waals surface area contributed by atoms with Gasteiger partial charge in [0.25, 0.3) is 0 Å². The van der Waals surface area contributed by atoms with E-state index in [1.807, 2.05) is 62.3 Å². The Kier molecular flexibility index (Phi) is 8.74. The molecule has 0 saturated carbocycles. The Labute approximate surface area is 178 Å². The summed E-state index contributed by atoms with van der Waals surface area (Å²) in [5, 5.41) is 5.94. The van der Waals surface area contributed by atoms with Crippen molar-refractivity contribution in [2.24, 2.45) is 10.4 Å². The Hall–Kier alpha value is -2.10. The molecule has 0 fully saturated rings. The Morgan fingerprint density at radius 3 is 2.56 bits per heavy atom. The number of carbonyl (C=O) groups excluding carboxylic acids is 1. The minimum atomic E-state index is -0.531. The van der Waals surface area contributed by atoms with Crippen molar-refractivity contribution in [3.8, 4) is 11.3 Å². The first-order valence-electron chi connectivity index (χ1n) is 8.60. The van der Waals surface area contributed by atoms with Crippen LogP contribution in [0.3, 0.4) is 0 Å². The van der Waals surface area contributed by atoms with Gasteiger partial charge in [0.2, 0.25) is 5.91 Å². The molecule has 0 saturated heterocycles. The van der Waals surface area contributed by atoms with E-state index in [0.717, 1.165) is 17.1 Å². The number of aromatic nitrogens is 2. The third-order valence-electron chi connectivity index (χ3n) is 4.20. The molecule has 0 unspecified atom stereocenters. The topological polar surface area (TPSA) is 85.4 Å². The van der Waals surface area contributed by atoms with E-state index in [9.17, 15) is 4.79 Å². The Balaban J connectivity index is 0.00000364. The van der Waals surface area contributed by atoms with Crippen molar-refractivity contribution >= 4 is 35.8 Å². The summed E-state index contributed by atoms with van der Waals surface area (Å²) in [5.41, 5.74) is 1.55. The maximum absolute atomic E-state index is 11.9. The van der Waals surface area contributed by atoms with E-state index in [1.54, 1.807) is 14.1 Å². The number of hydrogen-bond acceptors (Lipinski definition) is 3. The highest BCUT2D eigenvalue weighted by atomic mass is 127. The summed E-state index contributed by atoms with van der Waals surface area (Å²) in [6.45, 7) is 4.85. The predicted octanol–water partition coefficient (Wildman–Crippen LogP) is 2.47. The number of nitrogens with zero attached hydrogens (tertiary/aromatic N) is 3. The van der Waals surface area contributed by atoms with Crippen LogP contribution in [-0.4, -0.2) is 54.4 Å². The largest absolute Gasteiger partial charge is 0.359 e. The molecule has 27 heavy (non-hydrogen) atoms. The number of aliphatic imine (C=N–C) groups is 1. The molecule has 0 aliphatic rings. The minimum absolute atomic E-state index is 0. The molecule has 0 spiro atoms. The highest BCUT2D eigenvalue weighted by molar-refractivity contribution is 14.0. The van der Waals surface area contributed by atoms with Crippen LogP contribution in [0.25, 0.3) is 11.3 Å². The van der Waals surface area contributed by atoms with Crippen LogP contribution in [-0.2, 0) is 11.3 Å². The Morgan fingerprint density at radius 1 is 1.30 bits per heavy atom. The van der Waals surface area contributed by atoms with Gasteiger partial charge in [0.05, 0.1) is 23.9 Å². The monoisotopic (exact) mass is 484 g/mol. The number of hydrogen-bond donors (Lipinski definition) is 3. The van der Waals surface area contributed by atoms with Gasteiger partial charge in [0.1, 0.15) is 5.82 Å². The molecule has 7 nitrogen and oxygen atoms in total. The summed E-state index contributed by atoms with van der Waals surface area (Å²) in [6.07, 6.45) is 1.84. The third kappa shape index (κ3) is 6.23. The summed E-state index contributed by atoms with van der Waals surface area (Å²) in [5.74, 6) is 1.54. The van der Waals surface area contributed by atoms with E-state index in [-0.39, 0.29) is 29.9 Å². The van der Waals surface area contributed by atoms with Crippen molar-refractivity contribution in [2.45, 2.75) is 20.4 Å². The van der Waals surface area contributed by atoms with E-state index in [2.05, 4.69) is 25.6 Å². The SMILES string of the molecule is CN=C(NCC(C)(C)C(=O)NC)N(C)Cc1ncc(-c2ccccc2)[nH]1.I. The van der Waals surface area contributed by atoms with E-state index in [0.29, 0.717) is 19.0 Å². The molecule has 148 valence electrons. The first-order chi connectivity index (χ1) is 12.4. The lowest BCUT2D eigenvalue weighted by molar-refractivity contribution is -0.128. The fourth-order valence-corrected chi connectivity index (χ4v) is 2.61. The summed E-state index contributed by atoms with van der Waals surface area (Å²) in [7, 11) is 5.31. The van der Waals surface area contributed by atoms with Gasteiger partial charge in [0.15, 0.2) is 5.96 Å². The second-order valence-electron chi connectivity index (χ2n) is 6.83. The number of halogens is 1. The Bertz CT molecular complexity index is 757. The second kappa shape index (κ2) is 10.3. The number of H-pyrrole nitrogens is 1. The number of imidazole rings is 1. The summed E-state index contributed by atoms with van der Waals surface area (Å²) in [4.78, 5) is 26.0. The normalized spacial score (nSPS) is 11.5. The maximum atomic E-state index is 11.9. The molecule has 0 atom stereocenters. The molecule has 8 heteroatoms. The summed E-state index contributed by atoms with van der Waals surface area (Å²) < 4.78 is 0. The summed E-state index contributed by atoms with van der Waals surface area (Å²) >= 11 is 0. The first-order valence-corrected chi connectivity index (χ1v) is 8.60. The van der Waals surface area contributed by atoms with Gasteiger partial charge in [-0.05, 0) is 19.4 Å². The van der Waals surface area contributed by atoms with Gasteiger partial charge in [-0.25, -0.2) is 4.98 Å². The Morgan fingerprint density at radius 2 is 1.96 bits per heavy atom. The molecule has 1 aromatic heterocycles. The molecule has 0 aliphatic heterocycles. The highest BCUT2D eigenvalue weighted by Gasteiger charge is 2.27. The quantitative estimate of drug-likeness (QED) is 0.334. The molecule has 1 amide bonds. The van der Waals surface area contributed by atoms with Crippen LogP contribution in [0.4, 0.5) is 0 Å². The number of carbonyl (C=O) groups is 1. The zero-order valence-corrected chi connectivity index (χ0v) is 18.9. The average molecular weight is 484 g/mol. The fourth-order valence-electron chi connectivity index (χ4n) is 2.61. The maximum Gasteiger partial charge on any atom is 0.227 e. The first kappa shape index (κ1) is 22.9. The zero-order valence-electron chi connectivity index (χ0n) is 16.5. The molecule has 0 aliphatic carbocycles. The summed E-state index contributed by atoms with van der Waals surface area (Å²) in [6, 6.07) is 10.1. The van der Waals surface area contributed by atoms with Crippen LogP contribution in [0.15, 0.2) is 41.5 Å². The molecule has 1 aromatic carbocycles. The van der Waals surface area contributed by atoms with Gasteiger partial charge in [-0.15, -0.1) is 24.0 Å². The van der Waals surface area contributed by atoms with Crippen molar-refractivity contribution in [1.82, 2.24) is 25.5 Å². The van der Waals surface area contributed by atoms with Gasteiger partial charge >= 0.3 is 0 Å². The van der Waals surface area contributed by atoms with Crippen molar-refractivity contribution in [3.05, 3.63) is 42.4 Å². The van der Waals surface area contributed by atoms with Crippen LogP contribution < -0.4 is 10.6 Å². The lowest BCUT2D eigenvalue weighted by Gasteiger charge is -2.27. The molecule has 2 rings (SSSR count). The van der Waals surface area contributed by atoms with E-state index < -0.39 is 5.41 Å². The van der Waals surface area contributed by atoms with Crippen LogP contribution in [0, 0.1) is 5.41 Å². The fraction of sp³-hybridized carbons (Fsp3) is 0.421. The number of aromatic amines is 1. The van der Waals surface area contributed by atoms with Gasteiger partial charge in [0, 0.05) is 27.7 Å². The van der Waals surface area contributed by atoms with Crippen LogP contribution in [0.2, 0.25) is 0 Å². The van der Waals surface area contributed by atoms with E-state index in [4.69, 9.17) is 0 Å². The number of guanidine groups is 1. The lowest BCUT2D eigenvalue weighted by atomic mass is 9.92. The predicted molar refractivity (Wildman–Crippen MR) is 120 cm³/mol. The molecule has 2 aromatic rings. The van der Waals surface area contributed by atoms with Crippen LogP contribution in [0.5, 0.6) is 0 Å².